The van der Waals surface area contributed by atoms with Gasteiger partial charge in [0.2, 0.25) is 0 Å². The summed E-state index contributed by atoms with van der Waals surface area (Å²) in [5.74, 6) is 0. The molecule has 0 radical (unpaired) electrons. The summed E-state index contributed by atoms with van der Waals surface area (Å²) in [6.45, 7) is 3.79. The second-order valence-electron chi connectivity index (χ2n) is 5.54. The maximum Gasteiger partial charge on any atom is 0.164 e. The first-order valence-corrected chi connectivity index (χ1v) is 7.16. The lowest BCUT2D eigenvalue weighted by Crippen LogP contribution is -2.38. The summed E-state index contributed by atoms with van der Waals surface area (Å²) in [6, 6.07) is 3.82. The van der Waals surface area contributed by atoms with Gasteiger partial charge in [0.15, 0.2) is 6.23 Å². The zero-order chi connectivity index (χ0) is 15.1. The lowest BCUT2D eigenvalue weighted by atomic mass is 10.0. The minimum absolute atomic E-state index is 0.449. The van der Waals surface area contributed by atoms with Crippen LogP contribution in [0.3, 0.4) is 0 Å². The molecule has 6 heteroatoms. The number of aryl methyl sites for hydroxylation is 1. The molecule has 1 aliphatic heterocycles. The predicted octanol–water partition coefficient (Wildman–Crippen LogP) is 0.735. The topological polar surface area (TPSA) is 87.7 Å². The summed E-state index contributed by atoms with van der Waals surface area (Å²) < 4.78 is 7.41. The number of rotatable bonds is 3. The third-order valence-corrected chi connectivity index (χ3v) is 4.18. The van der Waals surface area contributed by atoms with Gasteiger partial charge in [0.25, 0.3) is 0 Å². The Morgan fingerprint density at radius 1 is 1.33 bits per heavy atom. The summed E-state index contributed by atoms with van der Waals surface area (Å²) in [4.78, 5) is 4.32. The van der Waals surface area contributed by atoms with E-state index in [1.165, 1.54) is 0 Å². The molecule has 1 fully saturated rings. The highest BCUT2D eigenvalue weighted by Gasteiger charge is 2.46. The van der Waals surface area contributed by atoms with Crippen LogP contribution in [-0.2, 0) is 4.74 Å². The van der Waals surface area contributed by atoms with E-state index in [1.54, 1.807) is 23.9 Å². The van der Waals surface area contributed by atoms with Crippen LogP contribution in [-0.4, -0.2) is 49.3 Å². The smallest absolute Gasteiger partial charge is 0.164 e. The highest BCUT2D eigenvalue weighted by atomic mass is 16.6. The molecular formula is C15H20N2O4. The molecular weight excluding hydrogens is 272 g/mol. The van der Waals surface area contributed by atoms with Crippen LogP contribution in [0.5, 0.6) is 0 Å². The first kappa shape index (κ1) is 14.5. The molecule has 114 valence electrons. The van der Waals surface area contributed by atoms with E-state index in [0.717, 1.165) is 10.9 Å². The Morgan fingerprint density at radius 2 is 2.10 bits per heavy atom. The predicted molar refractivity (Wildman–Crippen MR) is 76.7 cm³/mol. The number of pyridine rings is 1. The highest BCUT2D eigenvalue weighted by Crippen LogP contribution is 2.34. The molecule has 0 saturated carbocycles. The zero-order valence-electron chi connectivity index (χ0n) is 12.0. The van der Waals surface area contributed by atoms with Gasteiger partial charge in [0.1, 0.15) is 24.0 Å². The van der Waals surface area contributed by atoms with E-state index in [-0.39, 0.29) is 0 Å². The van der Waals surface area contributed by atoms with Gasteiger partial charge >= 0.3 is 0 Å². The number of fused-ring (bicyclic) bond motifs is 1. The summed E-state index contributed by atoms with van der Waals surface area (Å²) in [5.41, 5.74) is 1.77. The van der Waals surface area contributed by atoms with Crippen LogP contribution in [0.15, 0.2) is 24.5 Å². The molecule has 0 spiro atoms. The van der Waals surface area contributed by atoms with Crippen molar-refractivity contribution < 1.29 is 20.1 Å². The minimum atomic E-state index is -1.12. The van der Waals surface area contributed by atoms with Crippen LogP contribution in [0.25, 0.3) is 11.0 Å². The Labute approximate surface area is 122 Å². The fourth-order valence-corrected chi connectivity index (χ4v) is 2.86. The van der Waals surface area contributed by atoms with Crippen LogP contribution < -0.4 is 0 Å². The van der Waals surface area contributed by atoms with Gasteiger partial charge in [0, 0.05) is 17.8 Å². The van der Waals surface area contributed by atoms with Crippen molar-refractivity contribution in [1.29, 1.82) is 0 Å². The highest BCUT2D eigenvalue weighted by molar-refractivity contribution is 5.79. The van der Waals surface area contributed by atoms with Gasteiger partial charge in [-0.1, -0.05) is 6.92 Å². The van der Waals surface area contributed by atoms with Gasteiger partial charge in [-0.25, -0.2) is 4.98 Å². The van der Waals surface area contributed by atoms with Gasteiger partial charge < -0.3 is 24.6 Å². The summed E-state index contributed by atoms with van der Waals surface area (Å²) in [6.07, 6.45) is -0.644. The molecule has 6 nitrogen and oxygen atoms in total. The molecule has 1 saturated heterocycles. The van der Waals surface area contributed by atoms with Crippen LogP contribution >= 0.6 is 0 Å². The van der Waals surface area contributed by atoms with Crippen molar-refractivity contribution in [3.05, 3.63) is 30.1 Å². The molecule has 0 aliphatic carbocycles. The third-order valence-electron chi connectivity index (χ3n) is 4.18. The second kappa shape index (κ2) is 5.38. The monoisotopic (exact) mass is 292 g/mol. The summed E-state index contributed by atoms with van der Waals surface area (Å²) in [5, 5.41) is 31.2. The van der Waals surface area contributed by atoms with Gasteiger partial charge in [-0.15, -0.1) is 0 Å². The molecule has 0 aromatic carbocycles. The number of aromatic nitrogens is 2. The third kappa shape index (κ3) is 2.24. The van der Waals surface area contributed by atoms with E-state index in [9.17, 15) is 15.3 Å². The Morgan fingerprint density at radius 3 is 2.81 bits per heavy atom. The van der Waals surface area contributed by atoms with Crippen molar-refractivity contribution in [3.8, 4) is 0 Å². The van der Waals surface area contributed by atoms with E-state index < -0.39 is 30.6 Å². The van der Waals surface area contributed by atoms with Crippen LogP contribution in [0.4, 0.5) is 0 Å². The first-order valence-electron chi connectivity index (χ1n) is 7.16. The van der Waals surface area contributed by atoms with E-state index in [4.69, 9.17) is 4.74 Å². The average molecular weight is 292 g/mol. The largest absolute Gasteiger partial charge is 0.390 e. The van der Waals surface area contributed by atoms with Crippen LogP contribution in [0.1, 0.15) is 25.1 Å². The van der Waals surface area contributed by atoms with Crippen molar-refractivity contribution in [3.63, 3.8) is 0 Å². The van der Waals surface area contributed by atoms with Crippen LogP contribution in [0, 0.1) is 6.92 Å². The molecule has 0 bridgehead atoms. The molecule has 3 heterocycles. The lowest BCUT2D eigenvalue weighted by Gasteiger charge is -2.19. The van der Waals surface area contributed by atoms with Gasteiger partial charge in [0.05, 0.1) is 6.10 Å². The number of hydrogen-bond acceptors (Lipinski definition) is 5. The Bertz CT molecular complexity index is 642. The lowest BCUT2D eigenvalue weighted by molar-refractivity contribution is -0.0839. The molecule has 5 atom stereocenters. The molecule has 0 unspecified atom stereocenters. The fraction of sp³-hybridized carbons (Fsp3) is 0.533. The van der Waals surface area contributed by atoms with E-state index >= 15 is 0 Å². The van der Waals surface area contributed by atoms with E-state index in [1.807, 2.05) is 19.1 Å². The maximum atomic E-state index is 10.2. The van der Waals surface area contributed by atoms with E-state index in [0.29, 0.717) is 12.1 Å². The van der Waals surface area contributed by atoms with Crippen molar-refractivity contribution >= 4 is 11.0 Å². The molecule has 21 heavy (non-hydrogen) atoms. The van der Waals surface area contributed by atoms with Crippen molar-refractivity contribution in [2.75, 3.05) is 0 Å². The SMILES string of the molecule is CC[C@@H](O)[C@H]1O[C@@H](n2ccc3c(C)ccnc32)[C@H](O)[C@@H]1O. The number of aliphatic hydroxyl groups is 3. The number of nitrogens with zero attached hydrogens (tertiary/aromatic N) is 2. The average Bonchev–Trinajstić information content (AvgIpc) is 3.02. The van der Waals surface area contributed by atoms with Gasteiger partial charge in [-0.3, -0.25) is 0 Å². The van der Waals surface area contributed by atoms with Gasteiger partial charge in [-0.05, 0) is 31.0 Å². The molecule has 3 rings (SSSR count). The zero-order valence-corrected chi connectivity index (χ0v) is 12.0. The second-order valence-corrected chi connectivity index (χ2v) is 5.54. The molecule has 1 aliphatic rings. The maximum absolute atomic E-state index is 10.2. The Kier molecular flexibility index (Phi) is 3.71. The number of aliphatic hydroxyl groups excluding tert-OH is 3. The molecule has 0 amide bonds. The first-order chi connectivity index (χ1) is 10.0. The van der Waals surface area contributed by atoms with Crippen molar-refractivity contribution in [1.82, 2.24) is 9.55 Å². The summed E-state index contributed by atoms with van der Waals surface area (Å²) in [7, 11) is 0. The quantitative estimate of drug-likeness (QED) is 0.776. The van der Waals surface area contributed by atoms with Crippen LogP contribution in [0.2, 0.25) is 0 Å². The minimum Gasteiger partial charge on any atom is -0.390 e. The Hall–Kier alpha value is -1.47. The summed E-state index contributed by atoms with van der Waals surface area (Å²) >= 11 is 0. The van der Waals surface area contributed by atoms with Crippen molar-refractivity contribution in [2.24, 2.45) is 0 Å². The van der Waals surface area contributed by atoms with E-state index in [2.05, 4.69) is 4.98 Å². The number of ether oxygens (including phenoxy) is 1. The standard InChI is InChI=1S/C15H20N2O4/c1-3-10(18)13-11(19)12(20)15(21-13)17-7-5-9-8(2)4-6-16-14(9)17/h4-7,10-13,15,18-20H,3H2,1-2H3/t10-,11+,12-,13-,15-/m1/s1. The Balaban J connectivity index is 1.98. The number of hydrogen-bond donors (Lipinski definition) is 3. The molecule has 3 N–H and O–H groups in total. The normalized spacial score (nSPS) is 30.9. The molecule has 2 aromatic heterocycles. The van der Waals surface area contributed by atoms with Gasteiger partial charge in [-0.2, -0.15) is 0 Å². The van der Waals surface area contributed by atoms with Crippen molar-refractivity contribution in [2.45, 2.75) is 50.9 Å². The fourth-order valence-electron chi connectivity index (χ4n) is 2.86. The molecule has 2 aromatic rings.